The lowest BCUT2D eigenvalue weighted by Crippen LogP contribution is -2.36. The summed E-state index contributed by atoms with van der Waals surface area (Å²) in [4.78, 5) is 19.4. The molecule has 1 saturated heterocycles. The number of rotatable bonds is 4. The number of hydrogen-bond donors (Lipinski definition) is 1. The van der Waals surface area contributed by atoms with Gasteiger partial charge in [0.1, 0.15) is 5.82 Å². The summed E-state index contributed by atoms with van der Waals surface area (Å²) in [6, 6.07) is 12.4. The fourth-order valence-corrected chi connectivity index (χ4v) is 4.07. The van der Waals surface area contributed by atoms with Gasteiger partial charge in [0.25, 0.3) is 5.91 Å². The van der Waals surface area contributed by atoms with Crippen LogP contribution in [0, 0.1) is 5.82 Å². The highest BCUT2D eigenvalue weighted by Gasteiger charge is 2.23. The van der Waals surface area contributed by atoms with Gasteiger partial charge in [-0.2, -0.15) is 0 Å². The number of piperidine rings is 1. The Morgan fingerprint density at radius 2 is 1.96 bits per heavy atom. The fourth-order valence-electron chi connectivity index (χ4n) is 3.62. The Hall–Kier alpha value is -2.47. The molecule has 28 heavy (non-hydrogen) atoms. The first-order valence-electron chi connectivity index (χ1n) is 9.48. The molecule has 1 fully saturated rings. The maximum Gasteiger partial charge on any atom is 0.257 e. The van der Waals surface area contributed by atoms with Crippen molar-refractivity contribution in [2.24, 2.45) is 0 Å². The molecule has 4 rings (SSSR count). The van der Waals surface area contributed by atoms with Gasteiger partial charge >= 0.3 is 0 Å². The van der Waals surface area contributed by atoms with E-state index >= 15 is 0 Å². The second kappa shape index (κ2) is 8.27. The summed E-state index contributed by atoms with van der Waals surface area (Å²) in [5.74, 6) is -0.391. The van der Waals surface area contributed by atoms with E-state index in [-0.39, 0.29) is 11.7 Å². The number of hydrogen-bond acceptors (Lipinski definition) is 3. The van der Waals surface area contributed by atoms with E-state index in [1.807, 2.05) is 29.2 Å². The second-order valence-corrected chi connectivity index (χ2v) is 7.96. The highest BCUT2D eigenvalue weighted by atomic mass is 79.9. The summed E-state index contributed by atoms with van der Waals surface area (Å²) in [6.45, 7) is 2.03. The van der Waals surface area contributed by atoms with Crippen molar-refractivity contribution in [1.82, 2.24) is 9.88 Å². The van der Waals surface area contributed by atoms with Crippen LogP contribution in [0.15, 0.2) is 53.1 Å². The van der Waals surface area contributed by atoms with Gasteiger partial charge in [-0.15, -0.1) is 0 Å². The van der Waals surface area contributed by atoms with Crippen molar-refractivity contribution in [3.05, 3.63) is 70.1 Å². The number of nitrogens with one attached hydrogen (secondary N) is 1. The molecular weight excluding hydrogens is 421 g/mol. The van der Waals surface area contributed by atoms with Crippen LogP contribution in [-0.2, 0) is 6.54 Å². The third-order valence-corrected chi connectivity index (χ3v) is 5.56. The number of aromatic nitrogens is 1. The van der Waals surface area contributed by atoms with Crippen LogP contribution >= 0.6 is 15.9 Å². The van der Waals surface area contributed by atoms with E-state index in [1.54, 1.807) is 12.3 Å². The Kier molecular flexibility index (Phi) is 5.57. The van der Waals surface area contributed by atoms with Crippen LogP contribution < -0.4 is 5.32 Å². The molecule has 0 atom stereocenters. The van der Waals surface area contributed by atoms with Gasteiger partial charge < -0.3 is 10.2 Å². The first-order chi connectivity index (χ1) is 13.6. The third-order valence-electron chi connectivity index (χ3n) is 5.06. The molecule has 0 spiro atoms. The molecule has 4 nitrogen and oxygen atoms in total. The molecule has 1 amide bonds. The van der Waals surface area contributed by atoms with Crippen molar-refractivity contribution >= 4 is 38.4 Å². The monoisotopic (exact) mass is 441 g/mol. The number of amides is 1. The number of halogens is 2. The quantitative estimate of drug-likeness (QED) is 0.591. The number of carbonyl (C=O) groups excluding carboxylic acids is 1. The zero-order chi connectivity index (χ0) is 19.5. The van der Waals surface area contributed by atoms with Crippen molar-refractivity contribution in [2.75, 3.05) is 18.4 Å². The predicted molar refractivity (Wildman–Crippen MR) is 113 cm³/mol. The van der Waals surface area contributed by atoms with Gasteiger partial charge in [-0.05, 0) is 55.2 Å². The topological polar surface area (TPSA) is 45.2 Å². The molecule has 1 aliphatic rings. The Balaban J connectivity index is 1.73. The minimum atomic E-state index is -0.345. The first kappa shape index (κ1) is 18.9. The van der Waals surface area contributed by atoms with Crippen LogP contribution in [0.1, 0.15) is 35.2 Å². The molecule has 2 aromatic carbocycles. The largest absolute Gasteiger partial charge is 0.380 e. The third kappa shape index (κ3) is 4.02. The maximum absolute atomic E-state index is 14.0. The summed E-state index contributed by atoms with van der Waals surface area (Å²) in [5.41, 5.74) is 2.86. The number of anilines is 1. The second-order valence-electron chi connectivity index (χ2n) is 7.04. The number of benzene rings is 2. The van der Waals surface area contributed by atoms with E-state index < -0.39 is 0 Å². The minimum absolute atomic E-state index is 0.0462. The Bertz CT molecular complexity index is 1020. The summed E-state index contributed by atoms with van der Waals surface area (Å²) >= 11 is 3.48. The van der Waals surface area contributed by atoms with Gasteiger partial charge in [-0.1, -0.05) is 28.1 Å². The lowest BCUT2D eigenvalue weighted by Gasteiger charge is -2.27. The smallest absolute Gasteiger partial charge is 0.257 e. The van der Waals surface area contributed by atoms with Crippen LogP contribution in [0.4, 0.5) is 10.1 Å². The summed E-state index contributed by atoms with van der Waals surface area (Å²) < 4.78 is 15.0. The van der Waals surface area contributed by atoms with Crippen molar-refractivity contribution in [2.45, 2.75) is 25.8 Å². The van der Waals surface area contributed by atoms with Crippen LogP contribution in [-0.4, -0.2) is 28.9 Å². The molecule has 3 aromatic rings. The average molecular weight is 442 g/mol. The molecule has 0 saturated carbocycles. The molecule has 0 bridgehead atoms. The molecule has 1 aromatic heterocycles. The summed E-state index contributed by atoms with van der Waals surface area (Å²) in [6.07, 6.45) is 4.80. The Labute approximate surface area is 171 Å². The summed E-state index contributed by atoms with van der Waals surface area (Å²) in [5, 5.41) is 4.00. The number of carbonyl (C=O) groups is 1. The molecule has 2 heterocycles. The van der Waals surface area contributed by atoms with Gasteiger partial charge in [-0.25, -0.2) is 4.39 Å². The molecule has 0 aliphatic carbocycles. The van der Waals surface area contributed by atoms with Crippen molar-refractivity contribution in [1.29, 1.82) is 0 Å². The minimum Gasteiger partial charge on any atom is -0.380 e. The standard InChI is InChI=1S/C22H21BrFN3O/c23-16-6-4-5-15(11-16)13-26-21-18-12-17(24)7-8-20(18)25-14-19(21)22(28)27-9-2-1-3-10-27/h4-8,11-12,14H,1-3,9-10,13H2,(H,25,26). The summed E-state index contributed by atoms with van der Waals surface area (Å²) in [7, 11) is 0. The van der Waals surface area contributed by atoms with Crippen molar-refractivity contribution in [3.63, 3.8) is 0 Å². The number of fused-ring (bicyclic) bond motifs is 1. The van der Waals surface area contributed by atoms with E-state index in [1.165, 1.54) is 12.1 Å². The van der Waals surface area contributed by atoms with Crippen LogP contribution in [0.5, 0.6) is 0 Å². The normalized spacial score (nSPS) is 14.3. The average Bonchev–Trinajstić information content (AvgIpc) is 2.72. The number of pyridine rings is 1. The van der Waals surface area contributed by atoms with E-state index in [0.29, 0.717) is 28.7 Å². The lowest BCUT2D eigenvalue weighted by atomic mass is 10.1. The van der Waals surface area contributed by atoms with Gasteiger partial charge in [0.15, 0.2) is 0 Å². The number of nitrogens with zero attached hydrogens (tertiary/aromatic N) is 2. The lowest BCUT2D eigenvalue weighted by molar-refractivity contribution is 0.0725. The molecule has 6 heteroatoms. The highest BCUT2D eigenvalue weighted by molar-refractivity contribution is 9.10. The highest BCUT2D eigenvalue weighted by Crippen LogP contribution is 2.29. The predicted octanol–water partition coefficient (Wildman–Crippen LogP) is 5.37. The van der Waals surface area contributed by atoms with Crippen LogP contribution in [0.2, 0.25) is 0 Å². The Morgan fingerprint density at radius 1 is 1.14 bits per heavy atom. The molecule has 0 radical (unpaired) electrons. The van der Waals surface area contributed by atoms with Gasteiger partial charge in [0.05, 0.1) is 16.8 Å². The Morgan fingerprint density at radius 3 is 2.75 bits per heavy atom. The van der Waals surface area contributed by atoms with E-state index in [0.717, 1.165) is 42.4 Å². The van der Waals surface area contributed by atoms with Crippen molar-refractivity contribution < 1.29 is 9.18 Å². The van der Waals surface area contributed by atoms with Gasteiger partial charge in [0.2, 0.25) is 0 Å². The van der Waals surface area contributed by atoms with Crippen LogP contribution in [0.25, 0.3) is 10.9 Å². The zero-order valence-corrected chi connectivity index (χ0v) is 17.0. The van der Waals surface area contributed by atoms with Crippen LogP contribution in [0.3, 0.4) is 0 Å². The molecular formula is C22H21BrFN3O. The molecule has 1 N–H and O–H groups in total. The molecule has 0 unspecified atom stereocenters. The van der Waals surface area contributed by atoms with Gasteiger partial charge in [0, 0.05) is 35.7 Å². The number of likely N-dealkylation sites (tertiary alicyclic amines) is 1. The molecule has 144 valence electrons. The first-order valence-corrected chi connectivity index (χ1v) is 10.3. The van der Waals surface area contributed by atoms with Crippen molar-refractivity contribution in [3.8, 4) is 0 Å². The van der Waals surface area contributed by atoms with E-state index in [9.17, 15) is 9.18 Å². The SMILES string of the molecule is O=C(c1cnc2ccc(F)cc2c1NCc1cccc(Br)c1)N1CCCCC1. The zero-order valence-electron chi connectivity index (χ0n) is 15.4. The van der Waals surface area contributed by atoms with Gasteiger partial charge in [-0.3, -0.25) is 9.78 Å². The maximum atomic E-state index is 14.0. The fraction of sp³-hybridized carbons (Fsp3) is 0.273. The van der Waals surface area contributed by atoms with E-state index in [4.69, 9.17) is 0 Å². The molecule has 1 aliphatic heterocycles. The van der Waals surface area contributed by atoms with E-state index in [2.05, 4.69) is 26.2 Å².